The van der Waals surface area contributed by atoms with Crippen LogP contribution in [-0.4, -0.2) is 42.6 Å². The summed E-state index contributed by atoms with van der Waals surface area (Å²) in [5, 5.41) is 12.5. The molecule has 0 radical (unpaired) electrons. The van der Waals surface area contributed by atoms with E-state index in [0.717, 1.165) is 29.9 Å². The number of nitrogens with zero attached hydrogens (tertiary/aromatic N) is 3. The van der Waals surface area contributed by atoms with E-state index in [1.54, 1.807) is 30.6 Å². The van der Waals surface area contributed by atoms with Gasteiger partial charge >= 0.3 is 5.97 Å². The molecule has 1 fully saturated rings. The summed E-state index contributed by atoms with van der Waals surface area (Å²) in [6, 6.07) is 29.5. The first kappa shape index (κ1) is 31.1. The van der Waals surface area contributed by atoms with Crippen LogP contribution in [0.4, 0.5) is 5.69 Å². The number of carbonyl (C=O) groups excluding carboxylic acids is 2. The number of esters is 1. The van der Waals surface area contributed by atoms with Gasteiger partial charge in [0.05, 0.1) is 24.1 Å². The highest BCUT2D eigenvalue weighted by molar-refractivity contribution is 5.80. The van der Waals surface area contributed by atoms with Crippen LogP contribution in [0.3, 0.4) is 0 Å². The number of carbonyl (C=O) groups is 2. The number of piperidine rings is 1. The van der Waals surface area contributed by atoms with Crippen LogP contribution in [0.25, 0.3) is 0 Å². The van der Waals surface area contributed by atoms with Crippen LogP contribution in [-0.2, 0) is 27.5 Å². The van der Waals surface area contributed by atoms with Crippen LogP contribution in [0.15, 0.2) is 103 Å². The lowest BCUT2D eigenvalue weighted by Crippen LogP contribution is -2.46. The molecular weight excluding hydrogens is 568 g/mol. The van der Waals surface area contributed by atoms with Crippen molar-refractivity contribution in [3.05, 3.63) is 120 Å². The number of nitrogens with one attached hydrogen (secondary N) is 1. The van der Waals surface area contributed by atoms with Gasteiger partial charge in [0, 0.05) is 43.2 Å². The van der Waals surface area contributed by atoms with E-state index in [0.29, 0.717) is 36.5 Å². The summed E-state index contributed by atoms with van der Waals surface area (Å²) in [6.45, 7) is 1.92. The number of amides is 1. The van der Waals surface area contributed by atoms with E-state index in [4.69, 9.17) is 14.2 Å². The van der Waals surface area contributed by atoms with Crippen LogP contribution in [0.1, 0.15) is 36.0 Å². The fraction of sp³-hybridized carbons (Fsp3) is 0.278. The van der Waals surface area contributed by atoms with E-state index in [2.05, 4.69) is 21.3 Å². The van der Waals surface area contributed by atoms with E-state index in [-0.39, 0.29) is 31.5 Å². The molecule has 0 bridgehead atoms. The zero-order valence-corrected chi connectivity index (χ0v) is 25.0. The van der Waals surface area contributed by atoms with E-state index < -0.39 is 12.0 Å². The Hall–Kier alpha value is -5.36. The van der Waals surface area contributed by atoms with Gasteiger partial charge in [-0.3, -0.25) is 14.6 Å². The predicted octanol–water partition coefficient (Wildman–Crippen LogP) is 5.45. The summed E-state index contributed by atoms with van der Waals surface area (Å²) in [5.41, 5.74) is 3.34. The standard InChI is InChI=1S/C36H36N4O5/c37-23-29-11-12-33(43-24-27-7-3-1-4-8-27)34(21-29)44-26-31(22-35(41)45-25-28-9-5-2-6-10-28)39-36(42)30-15-19-40(20-16-30)32-13-17-38-18-14-32/h1-14,17-18,21,30-31H,15-16,19-20,22,24-26H2,(H,39,42)/t31-/m1/s1. The van der Waals surface area contributed by atoms with Gasteiger partial charge in [0.1, 0.15) is 19.8 Å². The topological polar surface area (TPSA) is 114 Å². The molecule has 1 atom stereocenters. The Morgan fingerprint density at radius 2 is 1.53 bits per heavy atom. The number of anilines is 1. The molecule has 1 N–H and O–H groups in total. The van der Waals surface area contributed by atoms with Crippen LogP contribution in [0.2, 0.25) is 0 Å². The minimum Gasteiger partial charge on any atom is -0.487 e. The average Bonchev–Trinajstić information content (AvgIpc) is 3.10. The van der Waals surface area contributed by atoms with Crippen LogP contribution >= 0.6 is 0 Å². The molecule has 0 aliphatic carbocycles. The van der Waals surface area contributed by atoms with Gasteiger partial charge in [0.2, 0.25) is 5.91 Å². The van der Waals surface area contributed by atoms with Crippen molar-refractivity contribution in [2.75, 3.05) is 24.6 Å². The average molecular weight is 605 g/mol. The molecular formula is C36H36N4O5. The van der Waals surface area contributed by atoms with Crippen molar-refractivity contribution in [1.82, 2.24) is 10.3 Å². The predicted molar refractivity (Wildman–Crippen MR) is 169 cm³/mol. The van der Waals surface area contributed by atoms with E-state index in [9.17, 15) is 14.9 Å². The zero-order chi connectivity index (χ0) is 31.3. The quantitative estimate of drug-likeness (QED) is 0.201. The number of ether oxygens (including phenoxy) is 3. The van der Waals surface area contributed by atoms with Crippen LogP contribution in [0, 0.1) is 17.2 Å². The van der Waals surface area contributed by atoms with Crippen molar-refractivity contribution >= 4 is 17.6 Å². The van der Waals surface area contributed by atoms with Gasteiger partial charge in [-0.15, -0.1) is 0 Å². The third kappa shape index (κ3) is 9.31. The van der Waals surface area contributed by atoms with Crippen molar-refractivity contribution < 1.29 is 23.8 Å². The monoisotopic (exact) mass is 604 g/mol. The van der Waals surface area contributed by atoms with Crippen LogP contribution < -0.4 is 19.7 Å². The first-order valence-corrected chi connectivity index (χ1v) is 15.1. The Morgan fingerprint density at radius 1 is 0.867 bits per heavy atom. The smallest absolute Gasteiger partial charge is 0.308 e. The molecule has 1 amide bonds. The number of rotatable bonds is 13. The molecule has 2 heterocycles. The van der Waals surface area contributed by atoms with Crippen molar-refractivity contribution in [3.63, 3.8) is 0 Å². The SMILES string of the molecule is N#Cc1ccc(OCc2ccccc2)c(OC[C@@H](CC(=O)OCc2ccccc2)NC(=O)C2CCN(c3ccncc3)CC2)c1. The zero-order valence-electron chi connectivity index (χ0n) is 25.0. The number of aromatic nitrogens is 1. The van der Waals surface area contributed by atoms with E-state index in [1.807, 2.05) is 72.8 Å². The lowest BCUT2D eigenvalue weighted by Gasteiger charge is -2.33. The van der Waals surface area contributed by atoms with Gasteiger partial charge < -0.3 is 24.4 Å². The first-order chi connectivity index (χ1) is 22.1. The first-order valence-electron chi connectivity index (χ1n) is 15.1. The fourth-order valence-corrected chi connectivity index (χ4v) is 5.16. The summed E-state index contributed by atoms with van der Waals surface area (Å²) in [5.74, 6) is 0.0370. The van der Waals surface area contributed by atoms with E-state index >= 15 is 0 Å². The molecule has 0 saturated carbocycles. The maximum Gasteiger partial charge on any atom is 0.308 e. The van der Waals surface area contributed by atoms with Gasteiger partial charge in [0.25, 0.3) is 0 Å². The number of hydrogen-bond acceptors (Lipinski definition) is 8. The molecule has 1 aromatic heterocycles. The fourth-order valence-electron chi connectivity index (χ4n) is 5.16. The molecule has 230 valence electrons. The molecule has 5 rings (SSSR count). The van der Waals surface area contributed by atoms with Crippen molar-refractivity contribution in [2.45, 2.75) is 38.5 Å². The number of pyridine rings is 1. The highest BCUT2D eigenvalue weighted by Crippen LogP contribution is 2.30. The van der Waals surface area contributed by atoms with Crippen LogP contribution in [0.5, 0.6) is 11.5 Å². The third-order valence-electron chi connectivity index (χ3n) is 7.65. The summed E-state index contributed by atoms with van der Waals surface area (Å²) in [4.78, 5) is 32.7. The van der Waals surface area contributed by atoms with Gasteiger partial charge in [0.15, 0.2) is 11.5 Å². The van der Waals surface area contributed by atoms with Gasteiger partial charge in [-0.2, -0.15) is 5.26 Å². The maximum atomic E-state index is 13.4. The second-order valence-electron chi connectivity index (χ2n) is 10.9. The summed E-state index contributed by atoms with van der Waals surface area (Å²) in [6.07, 6.45) is 4.82. The lowest BCUT2D eigenvalue weighted by atomic mass is 9.95. The molecule has 1 saturated heterocycles. The minimum atomic E-state index is -0.660. The second kappa shape index (κ2) is 15.9. The third-order valence-corrected chi connectivity index (χ3v) is 7.65. The maximum absolute atomic E-state index is 13.4. The molecule has 4 aromatic rings. The Labute approximate surface area is 263 Å². The van der Waals surface area contributed by atoms with Gasteiger partial charge in [-0.05, 0) is 48.2 Å². The number of hydrogen-bond donors (Lipinski definition) is 1. The van der Waals surface area contributed by atoms with Gasteiger partial charge in [-0.25, -0.2) is 0 Å². The Kier molecular flexibility index (Phi) is 11.0. The Balaban J connectivity index is 1.24. The lowest BCUT2D eigenvalue weighted by molar-refractivity contribution is -0.146. The number of nitriles is 1. The van der Waals surface area contributed by atoms with E-state index in [1.165, 1.54) is 0 Å². The second-order valence-corrected chi connectivity index (χ2v) is 10.9. The molecule has 1 aliphatic rings. The molecule has 0 unspecified atom stereocenters. The Morgan fingerprint density at radius 3 is 2.20 bits per heavy atom. The molecule has 9 nitrogen and oxygen atoms in total. The molecule has 9 heteroatoms. The number of benzene rings is 3. The normalized spacial score (nSPS) is 13.7. The van der Waals surface area contributed by atoms with Gasteiger partial charge in [-0.1, -0.05) is 60.7 Å². The summed E-state index contributed by atoms with van der Waals surface area (Å²) < 4.78 is 17.7. The highest BCUT2D eigenvalue weighted by atomic mass is 16.5. The Bertz CT molecular complexity index is 1570. The van der Waals surface area contributed by atoms with Crippen molar-refractivity contribution in [3.8, 4) is 17.6 Å². The minimum absolute atomic E-state index is 0.0153. The largest absolute Gasteiger partial charge is 0.487 e. The summed E-state index contributed by atoms with van der Waals surface area (Å²) >= 11 is 0. The summed E-state index contributed by atoms with van der Waals surface area (Å²) in [7, 11) is 0. The molecule has 3 aromatic carbocycles. The van der Waals surface area contributed by atoms with Crippen molar-refractivity contribution in [2.24, 2.45) is 5.92 Å². The highest BCUT2D eigenvalue weighted by Gasteiger charge is 2.28. The molecule has 1 aliphatic heterocycles. The molecule has 0 spiro atoms. The van der Waals surface area contributed by atoms with Crippen molar-refractivity contribution in [1.29, 1.82) is 5.26 Å². The molecule has 45 heavy (non-hydrogen) atoms.